The molecule has 39 heavy (non-hydrogen) atoms. The molecule has 0 bridgehead atoms. The molecule has 9 nitrogen and oxygen atoms in total. The molecule has 1 aromatic carbocycles. The van der Waals surface area contributed by atoms with Crippen molar-refractivity contribution in [2.24, 2.45) is 0 Å². The Kier molecular flexibility index (Phi) is 7.03. The van der Waals surface area contributed by atoms with Gasteiger partial charge in [0.2, 0.25) is 10.0 Å². The standard InChI is InChI=1S/C26H23F3N4O5S/c1-17-4-7-20(15-31-17)37-16-19-14-23-22(10-11-30-24(23)33(19)38-25(34)26(27,28)29)18-5-8-21(9-6-18)39(35,36)32-12-2-3-13-32/h4-11,14-15H,2-3,12-13,16H2,1H3. The molecule has 5 rings (SSSR count). The highest BCUT2D eigenvalue weighted by Gasteiger charge is 2.42. The van der Waals surface area contributed by atoms with Crippen molar-refractivity contribution >= 4 is 27.0 Å². The lowest BCUT2D eigenvalue weighted by Gasteiger charge is -2.15. The quantitative estimate of drug-likeness (QED) is 0.332. The van der Waals surface area contributed by atoms with Crippen LogP contribution >= 0.6 is 0 Å². The maximum Gasteiger partial charge on any atom is 0.493 e. The van der Waals surface area contributed by atoms with Gasteiger partial charge in [-0.15, -0.1) is 0 Å². The molecule has 1 fully saturated rings. The number of alkyl halides is 3. The highest BCUT2D eigenvalue weighted by molar-refractivity contribution is 7.89. The van der Waals surface area contributed by atoms with Crippen LogP contribution < -0.4 is 9.57 Å². The molecule has 0 amide bonds. The van der Waals surface area contributed by atoms with E-state index in [0.717, 1.165) is 18.5 Å². The number of benzene rings is 1. The fraction of sp³-hybridized carbons (Fsp3) is 0.269. The van der Waals surface area contributed by atoms with Crippen molar-refractivity contribution in [2.45, 2.75) is 37.4 Å². The van der Waals surface area contributed by atoms with E-state index in [1.165, 1.54) is 34.9 Å². The van der Waals surface area contributed by atoms with Crippen LogP contribution in [-0.2, 0) is 21.4 Å². The van der Waals surface area contributed by atoms with Gasteiger partial charge < -0.3 is 9.57 Å². The number of carbonyl (C=O) groups excluding carboxylic acids is 1. The first-order valence-corrected chi connectivity index (χ1v) is 13.4. The van der Waals surface area contributed by atoms with Crippen molar-refractivity contribution in [3.63, 3.8) is 0 Å². The van der Waals surface area contributed by atoms with Crippen LogP contribution in [0, 0.1) is 6.92 Å². The normalized spacial score (nSPS) is 14.6. The predicted octanol–water partition coefficient (Wildman–Crippen LogP) is 4.29. The second-order valence-corrected chi connectivity index (χ2v) is 10.9. The summed E-state index contributed by atoms with van der Waals surface area (Å²) in [5, 5.41) is 0.378. The number of fused-ring (bicyclic) bond motifs is 1. The molecule has 3 aromatic heterocycles. The van der Waals surface area contributed by atoms with Gasteiger partial charge in [-0.3, -0.25) is 4.98 Å². The summed E-state index contributed by atoms with van der Waals surface area (Å²) in [6.07, 6.45) is -0.780. The molecular weight excluding hydrogens is 537 g/mol. The molecule has 0 unspecified atom stereocenters. The number of carbonyl (C=O) groups is 1. The van der Waals surface area contributed by atoms with E-state index in [4.69, 9.17) is 9.57 Å². The minimum atomic E-state index is -5.23. The molecule has 204 valence electrons. The summed E-state index contributed by atoms with van der Waals surface area (Å²) in [5.74, 6) is -2.05. The summed E-state index contributed by atoms with van der Waals surface area (Å²) < 4.78 is 72.7. The summed E-state index contributed by atoms with van der Waals surface area (Å²) in [4.78, 5) is 24.8. The highest BCUT2D eigenvalue weighted by Crippen LogP contribution is 2.32. The molecule has 0 N–H and O–H groups in total. The van der Waals surface area contributed by atoms with E-state index in [1.54, 1.807) is 37.3 Å². The summed E-state index contributed by atoms with van der Waals surface area (Å²) >= 11 is 0. The first-order chi connectivity index (χ1) is 18.5. The molecule has 4 aromatic rings. The minimum Gasteiger partial charge on any atom is -0.486 e. The van der Waals surface area contributed by atoms with Crippen molar-refractivity contribution in [2.75, 3.05) is 13.1 Å². The van der Waals surface area contributed by atoms with Crippen molar-refractivity contribution in [3.05, 3.63) is 72.3 Å². The van der Waals surface area contributed by atoms with Crippen LogP contribution in [0.15, 0.2) is 65.8 Å². The van der Waals surface area contributed by atoms with Gasteiger partial charge in [0.1, 0.15) is 12.4 Å². The largest absolute Gasteiger partial charge is 0.493 e. The summed E-state index contributed by atoms with van der Waals surface area (Å²) in [7, 11) is -3.62. The Hall–Kier alpha value is -3.97. The van der Waals surface area contributed by atoms with Crippen molar-refractivity contribution in [3.8, 4) is 16.9 Å². The summed E-state index contributed by atoms with van der Waals surface area (Å²) in [6, 6.07) is 12.7. The zero-order valence-corrected chi connectivity index (χ0v) is 21.5. The lowest BCUT2D eigenvalue weighted by atomic mass is 10.0. The number of aromatic nitrogens is 3. The molecule has 0 atom stereocenters. The Morgan fingerprint density at radius 3 is 2.38 bits per heavy atom. The molecule has 0 aliphatic carbocycles. The molecule has 13 heteroatoms. The molecule has 0 saturated carbocycles. The van der Waals surface area contributed by atoms with Crippen LogP contribution in [0.3, 0.4) is 0 Å². The first kappa shape index (κ1) is 26.6. The Morgan fingerprint density at radius 1 is 1.03 bits per heavy atom. The minimum absolute atomic E-state index is 0.0421. The van der Waals surface area contributed by atoms with Crippen LogP contribution in [0.25, 0.3) is 22.2 Å². The zero-order chi connectivity index (χ0) is 27.8. The number of pyridine rings is 2. The molecular formula is C26H23F3N4O5S. The number of hydrogen-bond acceptors (Lipinski definition) is 7. The Bertz CT molecular complexity index is 1610. The van der Waals surface area contributed by atoms with Crippen LogP contribution in [0.4, 0.5) is 13.2 Å². The number of sulfonamides is 1. The maximum absolute atomic E-state index is 13.1. The van der Waals surface area contributed by atoms with E-state index in [0.29, 0.717) is 40.1 Å². The topological polar surface area (TPSA) is 104 Å². The zero-order valence-electron chi connectivity index (χ0n) is 20.7. The molecule has 1 saturated heterocycles. The average molecular weight is 561 g/mol. The lowest BCUT2D eigenvalue weighted by molar-refractivity contribution is -0.199. The smallest absolute Gasteiger partial charge is 0.486 e. The van der Waals surface area contributed by atoms with Gasteiger partial charge >= 0.3 is 12.1 Å². The van der Waals surface area contributed by atoms with Gasteiger partial charge in [0.05, 0.1) is 16.8 Å². The maximum atomic E-state index is 13.1. The first-order valence-electron chi connectivity index (χ1n) is 12.0. The third-order valence-corrected chi connectivity index (χ3v) is 8.19. The van der Waals surface area contributed by atoms with E-state index in [1.807, 2.05) is 0 Å². The van der Waals surface area contributed by atoms with Gasteiger partial charge in [-0.25, -0.2) is 18.2 Å². The molecule has 0 spiro atoms. The molecule has 1 aliphatic heterocycles. The van der Waals surface area contributed by atoms with Crippen LogP contribution in [0.1, 0.15) is 24.2 Å². The number of hydrogen-bond donors (Lipinski definition) is 0. The monoisotopic (exact) mass is 560 g/mol. The van der Waals surface area contributed by atoms with Gasteiger partial charge in [-0.05, 0) is 67.3 Å². The number of rotatable bonds is 7. The Balaban J connectivity index is 1.52. The van der Waals surface area contributed by atoms with E-state index >= 15 is 0 Å². The summed E-state index contributed by atoms with van der Waals surface area (Å²) in [6.45, 7) is 2.49. The van der Waals surface area contributed by atoms with Crippen LogP contribution in [0.5, 0.6) is 5.75 Å². The predicted molar refractivity (Wildman–Crippen MR) is 134 cm³/mol. The van der Waals surface area contributed by atoms with E-state index < -0.39 is 22.2 Å². The third kappa shape index (κ3) is 5.45. The molecule has 4 heterocycles. The van der Waals surface area contributed by atoms with E-state index in [2.05, 4.69) is 9.97 Å². The number of nitrogens with zero attached hydrogens (tertiary/aromatic N) is 4. The number of aryl methyl sites for hydroxylation is 1. The van der Waals surface area contributed by atoms with Crippen molar-refractivity contribution in [1.82, 2.24) is 19.0 Å². The second kappa shape index (κ2) is 10.3. The SMILES string of the molecule is Cc1ccc(OCc2cc3c(-c4ccc(S(=O)(=O)N5CCCC5)cc4)ccnc3n2OC(=O)C(F)(F)F)cn1. The second-order valence-electron chi connectivity index (χ2n) is 8.96. The highest BCUT2D eigenvalue weighted by atomic mass is 32.2. The van der Waals surface area contributed by atoms with Gasteiger partial charge in [-0.2, -0.15) is 22.2 Å². The fourth-order valence-electron chi connectivity index (χ4n) is 4.30. The Labute approximate surface area is 221 Å². The van der Waals surface area contributed by atoms with Crippen LogP contribution in [-0.4, -0.2) is 52.7 Å². The molecule has 0 radical (unpaired) electrons. The van der Waals surface area contributed by atoms with Crippen LogP contribution in [0.2, 0.25) is 0 Å². The number of halogens is 3. The fourth-order valence-corrected chi connectivity index (χ4v) is 5.81. The van der Waals surface area contributed by atoms with Crippen molar-refractivity contribution < 1.29 is 36.0 Å². The van der Waals surface area contributed by atoms with Gasteiger partial charge in [0.25, 0.3) is 0 Å². The third-order valence-electron chi connectivity index (χ3n) is 6.28. The number of ether oxygens (including phenoxy) is 1. The Morgan fingerprint density at radius 2 is 1.74 bits per heavy atom. The average Bonchev–Trinajstić information content (AvgIpc) is 3.57. The van der Waals surface area contributed by atoms with Gasteiger partial charge in [0.15, 0.2) is 5.65 Å². The molecule has 1 aliphatic rings. The van der Waals surface area contributed by atoms with Gasteiger partial charge in [0, 0.05) is 30.4 Å². The van der Waals surface area contributed by atoms with E-state index in [9.17, 15) is 26.4 Å². The summed E-state index contributed by atoms with van der Waals surface area (Å²) in [5.41, 5.74) is 1.95. The lowest BCUT2D eigenvalue weighted by Crippen LogP contribution is -2.34. The van der Waals surface area contributed by atoms with Crippen molar-refractivity contribution in [1.29, 1.82) is 0 Å². The van der Waals surface area contributed by atoms with Gasteiger partial charge in [-0.1, -0.05) is 12.1 Å². The van der Waals surface area contributed by atoms with E-state index in [-0.39, 0.29) is 22.8 Å².